The number of rotatable bonds is 1. The lowest BCUT2D eigenvalue weighted by Crippen LogP contribution is -1.82. The van der Waals surface area contributed by atoms with Gasteiger partial charge in [0.2, 0.25) is 0 Å². The third-order valence-corrected chi connectivity index (χ3v) is 4.11. The summed E-state index contributed by atoms with van der Waals surface area (Å²) in [7, 11) is 0. The van der Waals surface area contributed by atoms with Gasteiger partial charge < -0.3 is 0 Å². The first-order chi connectivity index (χ1) is 6.74. The molecule has 2 aromatic rings. The summed E-state index contributed by atoms with van der Waals surface area (Å²) in [6.07, 6.45) is 0.356. The molecule has 1 heterocycles. The molecule has 0 bridgehead atoms. The van der Waals surface area contributed by atoms with E-state index in [2.05, 4.69) is 18.7 Å². The molecule has 1 aromatic carbocycles. The fraction of sp³-hybridized carbons (Fsp3) is 0.100. The lowest BCUT2D eigenvalue weighted by molar-refractivity contribution is 1.27. The topological polar surface area (TPSA) is 23.8 Å². The van der Waals surface area contributed by atoms with Crippen LogP contribution in [-0.2, 0) is 6.42 Å². The number of benzene rings is 1. The Morgan fingerprint density at radius 1 is 1.50 bits per heavy atom. The lowest BCUT2D eigenvalue weighted by atomic mass is 10.1. The molecule has 0 unspecified atom stereocenters. The molecule has 0 spiro atoms. The van der Waals surface area contributed by atoms with Crippen LogP contribution in [0, 0.1) is 11.3 Å². The Hall–Kier alpha value is -0.690. The van der Waals surface area contributed by atoms with Crippen molar-refractivity contribution in [2.75, 3.05) is 0 Å². The van der Waals surface area contributed by atoms with E-state index >= 15 is 0 Å². The zero-order valence-corrected chi connectivity index (χ0v) is 9.59. The van der Waals surface area contributed by atoms with Gasteiger partial charge in [-0.25, -0.2) is 0 Å². The monoisotopic (exact) mass is 239 g/mol. The van der Waals surface area contributed by atoms with Crippen LogP contribution in [0.3, 0.4) is 0 Å². The van der Waals surface area contributed by atoms with Crippen molar-refractivity contribution in [3.63, 3.8) is 0 Å². The molecule has 2 rings (SSSR count). The third-order valence-electron chi connectivity index (χ3n) is 2.01. The van der Waals surface area contributed by atoms with Crippen molar-refractivity contribution in [2.45, 2.75) is 11.3 Å². The number of fused-ring (bicyclic) bond motifs is 1. The van der Waals surface area contributed by atoms with Crippen LogP contribution in [0.4, 0.5) is 0 Å². The highest BCUT2D eigenvalue weighted by atomic mass is 35.5. The summed E-state index contributed by atoms with van der Waals surface area (Å²) < 4.78 is 1.02. The highest BCUT2D eigenvalue weighted by Gasteiger charge is 2.08. The number of hydrogen-bond donors (Lipinski definition) is 1. The van der Waals surface area contributed by atoms with Gasteiger partial charge in [0.25, 0.3) is 0 Å². The maximum absolute atomic E-state index is 8.60. The van der Waals surface area contributed by atoms with E-state index in [9.17, 15) is 0 Å². The van der Waals surface area contributed by atoms with Crippen LogP contribution in [0.2, 0.25) is 5.02 Å². The minimum Gasteiger partial charge on any atom is -0.198 e. The summed E-state index contributed by atoms with van der Waals surface area (Å²) >= 11 is 12.0. The molecule has 0 radical (unpaired) electrons. The van der Waals surface area contributed by atoms with Crippen molar-refractivity contribution >= 4 is 45.7 Å². The summed E-state index contributed by atoms with van der Waals surface area (Å²) in [6.45, 7) is 0. The van der Waals surface area contributed by atoms with Crippen molar-refractivity contribution in [1.82, 2.24) is 0 Å². The van der Waals surface area contributed by atoms with Crippen LogP contribution < -0.4 is 0 Å². The number of thiophene rings is 1. The molecule has 0 saturated carbocycles. The van der Waals surface area contributed by atoms with Crippen LogP contribution in [0.25, 0.3) is 10.1 Å². The van der Waals surface area contributed by atoms with Gasteiger partial charge in [-0.3, -0.25) is 0 Å². The standard InChI is InChI=1S/C10H6ClNS2/c11-9-6(3-4-12)1-2-7-8(13)5-14-10(7)9/h1-2,5,13H,3H2. The summed E-state index contributed by atoms with van der Waals surface area (Å²) in [6, 6.07) is 5.95. The minimum atomic E-state index is 0.356. The van der Waals surface area contributed by atoms with E-state index in [-0.39, 0.29) is 0 Å². The average molecular weight is 240 g/mol. The van der Waals surface area contributed by atoms with Crippen molar-refractivity contribution in [1.29, 1.82) is 5.26 Å². The second-order valence-corrected chi connectivity index (χ2v) is 4.61. The maximum Gasteiger partial charge on any atom is 0.0670 e. The van der Waals surface area contributed by atoms with Crippen LogP contribution in [-0.4, -0.2) is 0 Å². The molecule has 0 aliphatic heterocycles. The molecule has 70 valence electrons. The normalized spacial score (nSPS) is 10.4. The molecule has 0 aliphatic rings. The highest BCUT2D eigenvalue weighted by molar-refractivity contribution is 7.80. The Kier molecular flexibility index (Phi) is 2.69. The van der Waals surface area contributed by atoms with E-state index in [4.69, 9.17) is 16.9 Å². The van der Waals surface area contributed by atoms with E-state index in [1.165, 1.54) is 0 Å². The second-order valence-electron chi connectivity index (χ2n) is 2.87. The molecule has 1 nitrogen and oxygen atoms in total. The first-order valence-corrected chi connectivity index (χ1v) is 5.69. The smallest absolute Gasteiger partial charge is 0.0670 e. The first-order valence-electron chi connectivity index (χ1n) is 3.98. The molecule has 0 amide bonds. The number of nitrogens with zero attached hydrogens (tertiary/aromatic N) is 1. The van der Waals surface area contributed by atoms with Crippen LogP contribution in [0.5, 0.6) is 0 Å². The van der Waals surface area contributed by atoms with Crippen LogP contribution in [0.15, 0.2) is 22.4 Å². The number of nitriles is 1. The Balaban J connectivity index is 2.71. The molecule has 4 heteroatoms. The molecule has 0 saturated heterocycles. The predicted octanol–water partition coefficient (Wildman–Crippen LogP) is 3.91. The van der Waals surface area contributed by atoms with Crippen molar-refractivity contribution < 1.29 is 0 Å². The minimum absolute atomic E-state index is 0.356. The van der Waals surface area contributed by atoms with Gasteiger partial charge in [-0.15, -0.1) is 24.0 Å². The van der Waals surface area contributed by atoms with E-state index in [0.29, 0.717) is 11.4 Å². The molecule has 1 aromatic heterocycles. The Bertz CT molecular complexity index is 525. The van der Waals surface area contributed by atoms with Crippen LogP contribution >= 0.6 is 35.6 Å². The van der Waals surface area contributed by atoms with Gasteiger partial charge in [-0.2, -0.15) is 5.26 Å². The quantitative estimate of drug-likeness (QED) is 0.750. The summed E-state index contributed by atoms with van der Waals surface area (Å²) in [5.74, 6) is 0. The fourth-order valence-corrected chi connectivity index (χ4v) is 2.99. The number of thiol groups is 1. The van der Waals surface area contributed by atoms with Gasteiger partial charge in [-0.05, 0) is 5.56 Å². The molecule has 14 heavy (non-hydrogen) atoms. The second kappa shape index (κ2) is 3.82. The van der Waals surface area contributed by atoms with Gasteiger partial charge >= 0.3 is 0 Å². The molecule has 0 fully saturated rings. The SMILES string of the molecule is N#CCc1ccc2c(S)csc2c1Cl. The van der Waals surface area contributed by atoms with Crippen molar-refractivity contribution in [3.8, 4) is 6.07 Å². The first kappa shape index (κ1) is 9.85. The zero-order chi connectivity index (χ0) is 10.1. The number of hydrogen-bond acceptors (Lipinski definition) is 3. The van der Waals surface area contributed by atoms with Gasteiger partial charge in [-0.1, -0.05) is 23.7 Å². The number of halogens is 1. The maximum atomic E-state index is 8.60. The van der Waals surface area contributed by atoms with E-state index < -0.39 is 0 Å². The Morgan fingerprint density at radius 3 is 3.00 bits per heavy atom. The van der Waals surface area contributed by atoms with Crippen molar-refractivity contribution in [3.05, 3.63) is 28.1 Å². The summed E-state index contributed by atoms with van der Waals surface area (Å²) in [5, 5.41) is 12.3. The summed E-state index contributed by atoms with van der Waals surface area (Å²) in [4.78, 5) is 0.940. The van der Waals surface area contributed by atoms with Gasteiger partial charge in [0.1, 0.15) is 0 Å². The van der Waals surface area contributed by atoms with Crippen molar-refractivity contribution in [2.24, 2.45) is 0 Å². The van der Waals surface area contributed by atoms with Crippen LogP contribution in [0.1, 0.15) is 5.56 Å². The average Bonchev–Trinajstić information content (AvgIpc) is 2.54. The highest BCUT2D eigenvalue weighted by Crippen LogP contribution is 2.36. The van der Waals surface area contributed by atoms with Gasteiger partial charge in [0.15, 0.2) is 0 Å². The van der Waals surface area contributed by atoms with E-state index in [0.717, 1.165) is 20.5 Å². The summed E-state index contributed by atoms with van der Waals surface area (Å²) in [5.41, 5.74) is 0.886. The third kappa shape index (κ3) is 1.50. The van der Waals surface area contributed by atoms with E-state index in [1.54, 1.807) is 11.3 Å². The van der Waals surface area contributed by atoms with Gasteiger partial charge in [0.05, 0.1) is 22.2 Å². The fourth-order valence-electron chi connectivity index (χ4n) is 1.31. The van der Waals surface area contributed by atoms with E-state index in [1.807, 2.05) is 17.5 Å². The Morgan fingerprint density at radius 2 is 2.29 bits per heavy atom. The lowest BCUT2D eigenvalue weighted by Gasteiger charge is -2.00. The predicted molar refractivity (Wildman–Crippen MR) is 63.4 cm³/mol. The molecular formula is C10H6ClNS2. The molecule has 0 aliphatic carbocycles. The molecule has 0 atom stereocenters. The Labute approximate surface area is 96.3 Å². The largest absolute Gasteiger partial charge is 0.198 e. The zero-order valence-electron chi connectivity index (χ0n) is 7.12. The molecular weight excluding hydrogens is 234 g/mol. The molecule has 0 N–H and O–H groups in total. The van der Waals surface area contributed by atoms with Gasteiger partial charge in [0, 0.05) is 15.7 Å².